The minimum absolute atomic E-state index is 0.347. The van der Waals surface area contributed by atoms with E-state index in [0.29, 0.717) is 28.7 Å². The molecule has 8 nitrogen and oxygen atoms in total. The van der Waals surface area contributed by atoms with Crippen molar-refractivity contribution in [2.45, 2.75) is 20.0 Å². The van der Waals surface area contributed by atoms with E-state index in [0.717, 1.165) is 37.3 Å². The van der Waals surface area contributed by atoms with E-state index >= 15 is 0 Å². The van der Waals surface area contributed by atoms with Gasteiger partial charge in [-0.25, -0.2) is 4.79 Å². The molecule has 1 aromatic carbocycles. The Morgan fingerprint density at radius 1 is 1.06 bits per heavy atom. The second kappa shape index (κ2) is 8.72. The Labute approximate surface area is 185 Å². The van der Waals surface area contributed by atoms with Crippen LogP contribution in [0, 0.1) is 0 Å². The molecule has 164 valence electrons. The lowest BCUT2D eigenvalue weighted by Gasteiger charge is -2.35. The first kappa shape index (κ1) is 21.4. The van der Waals surface area contributed by atoms with Gasteiger partial charge in [0.1, 0.15) is 0 Å². The van der Waals surface area contributed by atoms with Crippen molar-refractivity contribution in [2.24, 2.45) is 14.1 Å². The first-order valence-electron chi connectivity index (χ1n) is 10.4. The molecule has 1 saturated heterocycles. The Hall–Kier alpha value is -2.84. The van der Waals surface area contributed by atoms with Gasteiger partial charge in [0, 0.05) is 58.4 Å². The van der Waals surface area contributed by atoms with Gasteiger partial charge in [0.2, 0.25) is 5.95 Å². The summed E-state index contributed by atoms with van der Waals surface area (Å²) in [5, 5.41) is 0.641. The predicted molar refractivity (Wildman–Crippen MR) is 124 cm³/mol. The van der Waals surface area contributed by atoms with Crippen LogP contribution in [0.2, 0.25) is 0 Å². The third-order valence-electron chi connectivity index (χ3n) is 5.79. The summed E-state index contributed by atoms with van der Waals surface area (Å²) in [5.74, 6) is 0.696. The second-order valence-electron chi connectivity index (χ2n) is 7.94. The molecule has 3 heterocycles. The normalized spacial score (nSPS) is 15.7. The molecule has 2 aromatic heterocycles. The molecule has 31 heavy (non-hydrogen) atoms. The summed E-state index contributed by atoms with van der Waals surface area (Å²) < 4.78 is 4.43. The van der Waals surface area contributed by atoms with Crippen molar-refractivity contribution in [2.75, 3.05) is 31.1 Å². The fraction of sp³-hybridized carbons (Fsp3) is 0.409. The standard InChI is InChI=1S/C22H27ClN6O2/c1-16(23)9-10-29-18-19(25(2)22(31)26(3)20(18)30)24-21(29)28-13-11-27(12-14-28)15-17-7-5-4-6-8-17/h4-9H,10-15H2,1-3H3/b16-9+. The van der Waals surface area contributed by atoms with Crippen molar-refractivity contribution in [3.8, 4) is 0 Å². The summed E-state index contributed by atoms with van der Waals surface area (Å²) in [6.45, 7) is 6.48. The topological polar surface area (TPSA) is 68.3 Å². The third kappa shape index (κ3) is 4.18. The van der Waals surface area contributed by atoms with Crippen LogP contribution in [0.1, 0.15) is 12.5 Å². The zero-order valence-corrected chi connectivity index (χ0v) is 18.8. The number of allylic oxidation sites excluding steroid dienone is 2. The summed E-state index contributed by atoms with van der Waals surface area (Å²) >= 11 is 6.08. The van der Waals surface area contributed by atoms with E-state index in [4.69, 9.17) is 16.6 Å². The van der Waals surface area contributed by atoms with Crippen molar-refractivity contribution < 1.29 is 0 Å². The molecule has 1 aliphatic heterocycles. The fourth-order valence-electron chi connectivity index (χ4n) is 4.01. The van der Waals surface area contributed by atoms with Gasteiger partial charge in [-0.15, -0.1) is 0 Å². The Morgan fingerprint density at radius 3 is 2.39 bits per heavy atom. The van der Waals surface area contributed by atoms with Gasteiger partial charge < -0.3 is 9.47 Å². The van der Waals surface area contributed by atoms with E-state index in [-0.39, 0.29) is 11.2 Å². The molecule has 9 heteroatoms. The van der Waals surface area contributed by atoms with Crippen LogP contribution >= 0.6 is 11.6 Å². The molecule has 4 rings (SSSR count). The zero-order valence-electron chi connectivity index (χ0n) is 18.1. The first-order chi connectivity index (χ1) is 14.9. The van der Waals surface area contributed by atoms with Gasteiger partial charge in [0.05, 0.1) is 0 Å². The molecule has 0 unspecified atom stereocenters. The molecule has 0 saturated carbocycles. The Balaban J connectivity index is 1.67. The molecule has 0 N–H and O–H groups in total. The lowest BCUT2D eigenvalue weighted by molar-refractivity contribution is 0.248. The SMILES string of the molecule is C/C(Cl)=C\Cn1c(N2CCN(Cc3ccccc3)CC2)nc2c1c(=O)n(C)c(=O)n2C. The summed E-state index contributed by atoms with van der Waals surface area (Å²) in [6.07, 6.45) is 1.85. The average Bonchev–Trinajstić information content (AvgIpc) is 3.15. The highest BCUT2D eigenvalue weighted by Crippen LogP contribution is 2.22. The molecule has 0 amide bonds. The molecule has 1 fully saturated rings. The van der Waals surface area contributed by atoms with Crippen LogP contribution in [-0.4, -0.2) is 49.8 Å². The van der Waals surface area contributed by atoms with Crippen LogP contribution in [0.25, 0.3) is 11.2 Å². The van der Waals surface area contributed by atoms with Crippen LogP contribution in [0.15, 0.2) is 51.0 Å². The number of halogens is 1. The molecule has 0 atom stereocenters. The molecule has 0 bridgehead atoms. The first-order valence-corrected chi connectivity index (χ1v) is 10.7. The maximum Gasteiger partial charge on any atom is 0.332 e. The molecular formula is C22H27ClN6O2. The number of hydrogen-bond donors (Lipinski definition) is 0. The molecular weight excluding hydrogens is 416 g/mol. The second-order valence-corrected chi connectivity index (χ2v) is 8.54. The minimum atomic E-state index is -0.384. The quantitative estimate of drug-likeness (QED) is 0.603. The van der Waals surface area contributed by atoms with Crippen molar-refractivity contribution in [3.05, 3.63) is 67.8 Å². The Bertz CT molecular complexity index is 1230. The molecule has 0 spiro atoms. The summed E-state index contributed by atoms with van der Waals surface area (Å²) in [4.78, 5) is 34.7. The predicted octanol–water partition coefficient (Wildman–Crippen LogP) is 1.90. The van der Waals surface area contributed by atoms with Gasteiger partial charge in [-0.1, -0.05) is 48.0 Å². The Kier molecular flexibility index (Phi) is 6.02. The summed E-state index contributed by atoms with van der Waals surface area (Å²) in [7, 11) is 3.14. The number of hydrogen-bond acceptors (Lipinski definition) is 5. The van der Waals surface area contributed by atoms with Gasteiger partial charge in [-0.3, -0.25) is 18.8 Å². The van der Waals surface area contributed by atoms with E-state index < -0.39 is 0 Å². The Morgan fingerprint density at radius 2 is 1.74 bits per heavy atom. The highest BCUT2D eigenvalue weighted by Gasteiger charge is 2.25. The van der Waals surface area contributed by atoms with E-state index in [1.807, 2.05) is 16.7 Å². The van der Waals surface area contributed by atoms with Crippen LogP contribution in [0.5, 0.6) is 0 Å². The molecule has 0 aliphatic carbocycles. The van der Waals surface area contributed by atoms with Crippen LogP contribution in [-0.2, 0) is 27.2 Å². The van der Waals surface area contributed by atoms with Crippen LogP contribution in [0.3, 0.4) is 0 Å². The zero-order chi connectivity index (χ0) is 22.1. The van der Waals surface area contributed by atoms with Gasteiger partial charge in [-0.05, 0) is 12.5 Å². The number of imidazole rings is 1. The van der Waals surface area contributed by atoms with Gasteiger partial charge in [0.25, 0.3) is 5.56 Å². The van der Waals surface area contributed by atoms with Gasteiger partial charge in [-0.2, -0.15) is 4.98 Å². The monoisotopic (exact) mass is 442 g/mol. The fourth-order valence-corrected chi connectivity index (χ4v) is 4.08. The minimum Gasteiger partial charge on any atom is -0.340 e. The molecule has 1 aliphatic rings. The number of aromatic nitrogens is 4. The number of piperazine rings is 1. The van der Waals surface area contributed by atoms with Crippen molar-refractivity contribution >= 4 is 28.7 Å². The smallest absolute Gasteiger partial charge is 0.332 e. The van der Waals surface area contributed by atoms with Crippen molar-refractivity contribution in [1.82, 2.24) is 23.6 Å². The van der Waals surface area contributed by atoms with E-state index in [1.54, 1.807) is 14.0 Å². The summed E-state index contributed by atoms with van der Waals surface area (Å²) in [5.41, 5.74) is 1.38. The maximum atomic E-state index is 12.9. The number of rotatable bonds is 5. The van der Waals surface area contributed by atoms with Crippen molar-refractivity contribution in [1.29, 1.82) is 0 Å². The highest BCUT2D eigenvalue weighted by atomic mass is 35.5. The van der Waals surface area contributed by atoms with E-state index in [1.165, 1.54) is 17.2 Å². The lowest BCUT2D eigenvalue weighted by atomic mass is 10.2. The lowest BCUT2D eigenvalue weighted by Crippen LogP contribution is -2.46. The third-order valence-corrected chi connectivity index (χ3v) is 5.94. The molecule has 0 radical (unpaired) electrons. The number of benzene rings is 1. The van der Waals surface area contributed by atoms with E-state index in [2.05, 4.69) is 34.1 Å². The highest BCUT2D eigenvalue weighted by molar-refractivity contribution is 6.29. The number of nitrogens with zero attached hydrogens (tertiary/aromatic N) is 6. The average molecular weight is 443 g/mol. The van der Waals surface area contributed by atoms with Crippen molar-refractivity contribution in [3.63, 3.8) is 0 Å². The largest absolute Gasteiger partial charge is 0.340 e. The van der Waals surface area contributed by atoms with Crippen LogP contribution in [0.4, 0.5) is 5.95 Å². The summed E-state index contributed by atoms with van der Waals surface area (Å²) in [6, 6.07) is 10.4. The number of fused-ring (bicyclic) bond motifs is 1. The number of aryl methyl sites for hydroxylation is 1. The van der Waals surface area contributed by atoms with Gasteiger partial charge in [0.15, 0.2) is 11.2 Å². The number of anilines is 1. The van der Waals surface area contributed by atoms with E-state index in [9.17, 15) is 9.59 Å². The maximum absolute atomic E-state index is 12.9. The van der Waals surface area contributed by atoms with Gasteiger partial charge >= 0.3 is 5.69 Å². The molecule has 3 aromatic rings. The van der Waals surface area contributed by atoms with Crippen LogP contribution < -0.4 is 16.1 Å².